The zero-order chi connectivity index (χ0) is 15.0. The number of methoxy groups -OCH3 is 3. The second kappa shape index (κ2) is 8.92. The molecule has 1 aliphatic carbocycles. The molecule has 0 fully saturated rings. The van der Waals surface area contributed by atoms with E-state index >= 15 is 0 Å². The minimum absolute atomic E-state index is 0.0364. The zero-order valence-corrected chi connectivity index (χ0v) is 12.6. The monoisotopic (exact) mass is 283 g/mol. The SMILES string of the molecule is COC1=CC=CCC(C(C)C(O)NCC(OC)OC)=C1. The van der Waals surface area contributed by atoms with Crippen molar-refractivity contribution in [2.24, 2.45) is 5.92 Å². The van der Waals surface area contributed by atoms with Crippen molar-refractivity contribution >= 4 is 0 Å². The fourth-order valence-corrected chi connectivity index (χ4v) is 1.96. The number of ether oxygens (including phenoxy) is 3. The summed E-state index contributed by atoms with van der Waals surface area (Å²) in [7, 11) is 4.78. The Morgan fingerprint density at radius 3 is 2.60 bits per heavy atom. The van der Waals surface area contributed by atoms with Crippen molar-refractivity contribution < 1.29 is 19.3 Å². The Morgan fingerprint density at radius 1 is 1.30 bits per heavy atom. The van der Waals surface area contributed by atoms with Crippen LogP contribution in [0.5, 0.6) is 0 Å². The normalized spacial score (nSPS) is 18.3. The van der Waals surface area contributed by atoms with E-state index in [1.54, 1.807) is 21.3 Å². The Morgan fingerprint density at radius 2 is 2.00 bits per heavy atom. The average Bonchev–Trinajstić information content (AvgIpc) is 2.72. The molecule has 0 spiro atoms. The van der Waals surface area contributed by atoms with E-state index < -0.39 is 6.23 Å². The van der Waals surface area contributed by atoms with Gasteiger partial charge in [-0.3, -0.25) is 5.32 Å². The fraction of sp³-hybridized carbons (Fsp3) is 0.600. The second-order valence-corrected chi connectivity index (χ2v) is 4.67. The third-order valence-corrected chi connectivity index (χ3v) is 3.39. The van der Waals surface area contributed by atoms with Gasteiger partial charge in [0.1, 0.15) is 12.0 Å². The van der Waals surface area contributed by atoms with Gasteiger partial charge in [-0.1, -0.05) is 24.6 Å². The molecule has 0 saturated heterocycles. The Labute approximate surface area is 120 Å². The molecule has 114 valence electrons. The van der Waals surface area contributed by atoms with E-state index in [2.05, 4.69) is 5.32 Å². The predicted molar refractivity (Wildman–Crippen MR) is 77.9 cm³/mol. The molecule has 0 aromatic heterocycles. The van der Waals surface area contributed by atoms with Crippen LogP contribution in [0, 0.1) is 5.92 Å². The van der Waals surface area contributed by atoms with Crippen molar-refractivity contribution in [2.45, 2.75) is 25.9 Å². The molecule has 0 heterocycles. The molecule has 2 unspecified atom stereocenters. The van der Waals surface area contributed by atoms with E-state index in [4.69, 9.17) is 14.2 Å². The first-order valence-electron chi connectivity index (χ1n) is 6.70. The standard InChI is InChI=1S/C15H25NO4/c1-11(15(17)16-10-14(19-3)20-4)12-7-5-6-8-13(9-12)18-2/h5-6,8-9,11,14-17H,7,10H2,1-4H3. The maximum absolute atomic E-state index is 10.2. The highest BCUT2D eigenvalue weighted by Gasteiger charge is 2.19. The minimum atomic E-state index is -0.668. The van der Waals surface area contributed by atoms with E-state index in [0.29, 0.717) is 6.54 Å². The molecule has 0 aromatic carbocycles. The van der Waals surface area contributed by atoms with Gasteiger partial charge in [0, 0.05) is 26.7 Å². The van der Waals surface area contributed by atoms with Crippen molar-refractivity contribution in [2.75, 3.05) is 27.9 Å². The molecule has 5 nitrogen and oxygen atoms in total. The summed E-state index contributed by atoms with van der Waals surface area (Å²) in [5, 5.41) is 13.2. The van der Waals surface area contributed by atoms with Gasteiger partial charge in [0.15, 0.2) is 6.29 Å². The van der Waals surface area contributed by atoms with Crippen LogP contribution in [0.15, 0.2) is 35.6 Å². The van der Waals surface area contributed by atoms with Crippen LogP contribution in [-0.2, 0) is 14.2 Å². The number of hydrogen-bond acceptors (Lipinski definition) is 5. The third kappa shape index (κ3) is 5.09. The maximum atomic E-state index is 10.2. The van der Waals surface area contributed by atoms with E-state index in [-0.39, 0.29) is 12.2 Å². The largest absolute Gasteiger partial charge is 0.497 e. The molecule has 0 saturated carbocycles. The highest BCUT2D eigenvalue weighted by Crippen LogP contribution is 2.22. The van der Waals surface area contributed by atoms with Gasteiger partial charge in [-0.15, -0.1) is 0 Å². The molecular weight excluding hydrogens is 258 g/mol. The molecule has 0 amide bonds. The van der Waals surface area contributed by atoms with Crippen LogP contribution in [-0.4, -0.2) is 45.5 Å². The summed E-state index contributed by atoms with van der Waals surface area (Å²) < 4.78 is 15.4. The molecule has 1 rings (SSSR count). The molecule has 0 aliphatic heterocycles. The van der Waals surface area contributed by atoms with Crippen LogP contribution in [0.25, 0.3) is 0 Å². The Hall–Kier alpha value is -1.14. The molecule has 5 heteroatoms. The summed E-state index contributed by atoms with van der Waals surface area (Å²) in [6.07, 6.45) is 7.65. The lowest BCUT2D eigenvalue weighted by atomic mass is 9.96. The zero-order valence-electron chi connectivity index (χ0n) is 12.6. The second-order valence-electron chi connectivity index (χ2n) is 4.67. The molecule has 2 atom stereocenters. The van der Waals surface area contributed by atoms with Crippen LogP contribution in [0.4, 0.5) is 0 Å². The summed E-state index contributed by atoms with van der Waals surface area (Å²) >= 11 is 0. The average molecular weight is 283 g/mol. The van der Waals surface area contributed by atoms with E-state index in [1.807, 2.05) is 31.2 Å². The van der Waals surface area contributed by atoms with Crippen LogP contribution < -0.4 is 5.32 Å². The topological polar surface area (TPSA) is 60.0 Å². The van der Waals surface area contributed by atoms with Gasteiger partial charge in [-0.25, -0.2) is 0 Å². The third-order valence-electron chi connectivity index (χ3n) is 3.39. The molecule has 0 aromatic rings. The molecule has 0 radical (unpaired) electrons. The van der Waals surface area contributed by atoms with Gasteiger partial charge >= 0.3 is 0 Å². The number of rotatable bonds is 8. The lowest BCUT2D eigenvalue weighted by Gasteiger charge is -2.24. The smallest absolute Gasteiger partial charge is 0.169 e. The number of hydrogen-bond donors (Lipinski definition) is 2. The van der Waals surface area contributed by atoms with Gasteiger partial charge in [0.25, 0.3) is 0 Å². The molecular formula is C15H25NO4. The van der Waals surface area contributed by atoms with E-state index in [9.17, 15) is 5.11 Å². The van der Waals surface area contributed by atoms with Gasteiger partial charge in [0.2, 0.25) is 0 Å². The number of aliphatic hydroxyl groups excluding tert-OH is 1. The fourth-order valence-electron chi connectivity index (χ4n) is 1.96. The van der Waals surface area contributed by atoms with Gasteiger partial charge in [-0.2, -0.15) is 0 Å². The summed E-state index contributed by atoms with van der Waals surface area (Å²) in [6, 6.07) is 0. The quantitative estimate of drug-likeness (QED) is 0.662. The number of allylic oxidation sites excluding steroid dienone is 4. The van der Waals surface area contributed by atoms with Crippen molar-refractivity contribution in [3.63, 3.8) is 0 Å². The first-order valence-corrected chi connectivity index (χ1v) is 6.70. The molecule has 20 heavy (non-hydrogen) atoms. The summed E-state index contributed by atoms with van der Waals surface area (Å²) in [5.41, 5.74) is 1.11. The maximum Gasteiger partial charge on any atom is 0.169 e. The van der Waals surface area contributed by atoms with Crippen LogP contribution in [0.2, 0.25) is 0 Å². The van der Waals surface area contributed by atoms with Gasteiger partial charge < -0.3 is 19.3 Å². The van der Waals surface area contributed by atoms with E-state index in [0.717, 1.165) is 17.8 Å². The number of aliphatic hydroxyl groups is 1. The number of nitrogens with one attached hydrogen (secondary N) is 1. The van der Waals surface area contributed by atoms with Crippen molar-refractivity contribution in [3.05, 3.63) is 35.6 Å². The van der Waals surface area contributed by atoms with Gasteiger partial charge in [0.05, 0.1) is 7.11 Å². The predicted octanol–water partition coefficient (Wildman–Crippen LogP) is 1.57. The van der Waals surface area contributed by atoms with Crippen molar-refractivity contribution in [1.29, 1.82) is 0 Å². The summed E-state index contributed by atoms with van der Waals surface area (Å²) in [4.78, 5) is 0. The molecule has 0 bridgehead atoms. The Bertz CT molecular complexity index is 372. The van der Waals surface area contributed by atoms with Crippen molar-refractivity contribution in [1.82, 2.24) is 5.32 Å². The lowest BCUT2D eigenvalue weighted by Crippen LogP contribution is -2.41. The van der Waals surface area contributed by atoms with Crippen LogP contribution >= 0.6 is 0 Å². The first-order chi connectivity index (χ1) is 9.62. The highest BCUT2D eigenvalue weighted by atomic mass is 16.7. The van der Waals surface area contributed by atoms with Crippen LogP contribution in [0.1, 0.15) is 13.3 Å². The first kappa shape index (κ1) is 16.9. The Balaban J connectivity index is 2.59. The minimum Gasteiger partial charge on any atom is -0.497 e. The molecule has 2 N–H and O–H groups in total. The molecule has 1 aliphatic rings. The summed E-state index contributed by atoms with van der Waals surface area (Å²) in [5.74, 6) is 0.755. The van der Waals surface area contributed by atoms with Crippen LogP contribution in [0.3, 0.4) is 0 Å². The van der Waals surface area contributed by atoms with Gasteiger partial charge in [-0.05, 0) is 18.6 Å². The highest BCUT2D eigenvalue weighted by molar-refractivity contribution is 5.29. The lowest BCUT2D eigenvalue weighted by molar-refractivity contribution is -0.105. The van der Waals surface area contributed by atoms with E-state index in [1.165, 1.54) is 0 Å². The summed E-state index contributed by atoms with van der Waals surface area (Å²) in [6.45, 7) is 2.40. The Kier molecular flexibility index (Phi) is 7.54. The van der Waals surface area contributed by atoms with Crippen molar-refractivity contribution in [3.8, 4) is 0 Å².